The summed E-state index contributed by atoms with van der Waals surface area (Å²) in [4.78, 5) is 14.6. The molecule has 2 aromatic rings. The molecular formula is C15H19N3OS. The lowest BCUT2D eigenvalue weighted by molar-refractivity contribution is 0.122. The number of ether oxygens (including phenoxy) is 1. The van der Waals surface area contributed by atoms with Crippen molar-refractivity contribution in [1.82, 2.24) is 9.97 Å². The van der Waals surface area contributed by atoms with Gasteiger partial charge in [-0.1, -0.05) is 0 Å². The van der Waals surface area contributed by atoms with E-state index >= 15 is 0 Å². The van der Waals surface area contributed by atoms with Crippen molar-refractivity contribution >= 4 is 27.4 Å². The summed E-state index contributed by atoms with van der Waals surface area (Å²) in [5.74, 6) is 2.03. The van der Waals surface area contributed by atoms with Crippen molar-refractivity contribution in [3.8, 4) is 0 Å². The predicted molar refractivity (Wildman–Crippen MR) is 81.8 cm³/mol. The topological polar surface area (TPSA) is 38.2 Å². The first-order valence-electron chi connectivity index (χ1n) is 7.44. The Kier molecular flexibility index (Phi) is 3.11. The first kappa shape index (κ1) is 12.5. The maximum atomic E-state index is 5.48. The number of anilines is 1. The maximum absolute atomic E-state index is 5.48. The highest BCUT2D eigenvalue weighted by Crippen LogP contribution is 2.39. The van der Waals surface area contributed by atoms with Gasteiger partial charge in [-0.15, -0.1) is 11.3 Å². The normalized spacial score (nSPS) is 19.4. The van der Waals surface area contributed by atoms with Crippen molar-refractivity contribution in [1.29, 1.82) is 0 Å². The Morgan fingerprint density at radius 2 is 1.90 bits per heavy atom. The first-order chi connectivity index (χ1) is 9.83. The van der Waals surface area contributed by atoms with E-state index in [9.17, 15) is 0 Å². The molecule has 106 valence electrons. The monoisotopic (exact) mass is 289 g/mol. The molecule has 1 fully saturated rings. The Morgan fingerprint density at radius 1 is 1.10 bits per heavy atom. The SMILES string of the molecule is Cc1nc(N2CCOCC2)c2c3c(sc2n1)CCCC3. The van der Waals surface area contributed by atoms with Crippen molar-refractivity contribution in [2.75, 3.05) is 31.2 Å². The molecule has 1 aliphatic heterocycles. The highest BCUT2D eigenvalue weighted by molar-refractivity contribution is 7.19. The van der Waals surface area contributed by atoms with Crippen LogP contribution in [0.15, 0.2) is 0 Å². The Labute approximate surface area is 122 Å². The molecule has 2 aliphatic rings. The summed E-state index contributed by atoms with van der Waals surface area (Å²) in [6, 6.07) is 0. The van der Waals surface area contributed by atoms with Crippen LogP contribution in [0.5, 0.6) is 0 Å². The molecule has 0 atom stereocenters. The number of rotatable bonds is 1. The zero-order valence-corrected chi connectivity index (χ0v) is 12.6. The van der Waals surface area contributed by atoms with Gasteiger partial charge in [-0.05, 0) is 38.2 Å². The molecule has 3 heterocycles. The lowest BCUT2D eigenvalue weighted by atomic mass is 9.97. The van der Waals surface area contributed by atoms with E-state index in [4.69, 9.17) is 9.72 Å². The largest absolute Gasteiger partial charge is 0.378 e. The standard InChI is InChI=1S/C15H19N3OS/c1-10-16-14(18-6-8-19-9-7-18)13-11-4-2-3-5-12(11)20-15(13)17-10/h2-9H2,1H3. The van der Waals surface area contributed by atoms with E-state index in [0.29, 0.717) is 0 Å². The van der Waals surface area contributed by atoms with E-state index in [-0.39, 0.29) is 0 Å². The van der Waals surface area contributed by atoms with Crippen LogP contribution in [0.4, 0.5) is 5.82 Å². The van der Waals surface area contributed by atoms with Crippen LogP contribution in [0, 0.1) is 6.92 Å². The molecule has 4 nitrogen and oxygen atoms in total. The second kappa shape index (κ2) is 4.97. The summed E-state index contributed by atoms with van der Waals surface area (Å²) < 4.78 is 5.48. The van der Waals surface area contributed by atoms with Gasteiger partial charge in [0.2, 0.25) is 0 Å². The van der Waals surface area contributed by atoms with Gasteiger partial charge in [-0.2, -0.15) is 0 Å². The van der Waals surface area contributed by atoms with Gasteiger partial charge >= 0.3 is 0 Å². The number of nitrogens with zero attached hydrogens (tertiary/aromatic N) is 3. The number of morpholine rings is 1. The summed E-state index contributed by atoms with van der Waals surface area (Å²) in [6.45, 7) is 5.49. The van der Waals surface area contributed by atoms with Gasteiger partial charge in [0, 0.05) is 18.0 Å². The number of aromatic nitrogens is 2. The number of fused-ring (bicyclic) bond motifs is 3. The summed E-state index contributed by atoms with van der Waals surface area (Å²) >= 11 is 1.88. The fourth-order valence-electron chi connectivity index (χ4n) is 3.25. The molecular weight excluding hydrogens is 270 g/mol. The molecule has 0 radical (unpaired) electrons. The molecule has 4 rings (SSSR count). The van der Waals surface area contributed by atoms with Crippen molar-refractivity contribution in [3.63, 3.8) is 0 Å². The number of hydrogen-bond donors (Lipinski definition) is 0. The van der Waals surface area contributed by atoms with E-state index < -0.39 is 0 Å². The van der Waals surface area contributed by atoms with Crippen LogP contribution in [-0.4, -0.2) is 36.3 Å². The summed E-state index contributed by atoms with van der Waals surface area (Å²) in [5.41, 5.74) is 1.53. The third-order valence-electron chi connectivity index (χ3n) is 4.22. The molecule has 1 saturated heterocycles. The van der Waals surface area contributed by atoms with Crippen LogP contribution in [-0.2, 0) is 17.6 Å². The molecule has 0 N–H and O–H groups in total. The lowest BCUT2D eigenvalue weighted by Crippen LogP contribution is -2.37. The van der Waals surface area contributed by atoms with Crippen LogP contribution in [0.25, 0.3) is 10.2 Å². The second-order valence-corrected chi connectivity index (χ2v) is 6.67. The number of hydrogen-bond acceptors (Lipinski definition) is 5. The molecule has 0 amide bonds. The van der Waals surface area contributed by atoms with Gasteiger partial charge in [0.05, 0.1) is 18.6 Å². The van der Waals surface area contributed by atoms with Crippen LogP contribution in [0.2, 0.25) is 0 Å². The maximum Gasteiger partial charge on any atom is 0.141 e. The summed E-state index contributed by atoms with van der Waals surface area (Å²) in [6.07, 6.45) is 5.03. The van der Waals surface area contributed by atoms with Gasteiger partial charge in [0.25, 0.3) is 0 Å². The van der Waals surface area contributed by atoms with Gasteiger partial charge in [0.15, 0.2) is 0 Å². The molecule has 0 bridgehead atoms. The average molecular weight is 289 g/mol. The van der Waals surface area contributed by atoms with Crippen LogP contribution in [0.1, 0.15) is 29.1 Å². The Hall–Kier alpha value is -1.20. The Balaban J connectivity index is 1.91. The summed E-state index contributed by atoms with van der Waals surface area (Å²) in [5, 5.41) is 1.33. The minimum Gasteiger partial charge on any atom is -0.378 e. The van der Waals surface area contributed by atoms with Crippen molar-refractivity contribution in [2.24, 2.45) is 0 Å². The van der Waals surface area contributed by atoms with Crippen LogP contribution >= 0.6 is 11.3 Å². The Bertz CT molecular complexity index is 646. The smallest absolute Gasteiger partial charge is 0.141 e. The molecule has 1 aliphatic carbocycles. The van der Waals surface area contributed by atoms with E-state index in [1.54, 1.807) is 4.88 Å². The average Bonchev–Trinajstić information content (AvgIpc) is 2.85. The summed E-state index contributed by atoms with van der Waals surface area (Å²) in [7, 11) is 0. The molecule has 2 aromatic heterocycles. The Morgan fingerprint density at radius 3 is 2.75 bits per heavy atom. The lowest BCUT2D eigenvalue weighted by Gasteiger charge is -2.29. The quantitative estimate of drug-likeness (QED) is 0.809. The molecule has 0 unspecified atom stereocenters. The molecule has 20 heavy (non-hydrogen) atoms. The zero-order chi connectivity index (χ0) is 13.5. The highest BCUT2D eigenvalue weighted by Gasteiger charge is 2.24. The third kappa shape index (κ3) is 2.00. The second-order valence-electron chi connectivity index (χ2n) is 5.58. The zero-order valence-electron chi connectivity index (χ0n) is 11.8. The van der Waals surface area contributed by atoms with Crippen molar-refractivity contribution < 1.29 is 4.74 Å². The third-order valence-corrected chi connectivity index (χ3v) is 5.40. The highest BCUT2D eigenvalue weighted by atomic mass is 32.1. The van der Waals surface area contributed by atoms with Gasteiger partial charge < -0.3 is 9.64 Å². The number of thiophene rings is 1. The van der Waals surface area contributed by atoms with Crippen LogP contribution < -0.4 is 4.90 Å². The fourth-order valence-corrected chi connectivity index (χ4v) is 4.55. The fraction of sp³-hybridized carbons (Fsp3) is 0.600. The van der Waals surface area contributed by atoms with E-state index in [1.165, 1.54) is 41.5 Å². The van der Waals surface area contributed by atoms with Gasteiger partial charge in [-0.3, -0.25) is 0 Å². The van der Waals surface area contributed by atoms with E-state index in [0.717, 1.165) is 37.9 Å². The molecule has 5 heteroatoms. The van der Waals surface area contributed by atoms with Gasteiger partial charge in [0.1, 0.15) is 16.5 Å². The predicted octanol–water partition coefficient (Wildman–Crippen LogP) is 2.72. The first-order valence-corrected chi connectivity index (χ1v) is 8.26. The van der Waals surface area contributed by atoms with Crippen LogP contribution in [0.3, 0.4) is 0 Å². The van der Waals surface area contributed by atoms with E-state index in [2.05, 4.69) is 9.88 Å². The molecule has 0 aromatic carbocycles. The van der Waals surface area contributed by atoms with E-state index in [1.807, 2.05) is 18.3 Å². The number of aryl methyl sites for hydroxylation is 3. The van der Waals surface area contributed by atoms with Crippen molar-refractivity contribution in [3.05, 3.63) is 16.3 Å². The molecule has 0 spiro atoms. The molecule has 0 saturated carbocycles. The minimum atomic E-state index is 0.802. The van der Waals surface area contributed by atoms with Crippen molar-refractivity contribution in [2.45, 2.75) is 32.6 Å². The minimum absolute atomic E-state index is 0.802. The van der Waals surface area contributed by atoms with Gasteiger partial charge in [-0.25, -0.2) is 9.97 Å².